The first-order valence-corrected chi connectivity index (χ1v) is 13.2. The number of nitrogens with zero attached hydrogens (tertiary/aromatic N) is 3. The molecule has 0 saturated carbocycles. The van der Waals surface area contributed by atoms with Gasteiger partial charge in [-0.05, 0) is 48.9 Å². The van der Waals surface area contributed by atoms with Crippen LogP contribution in [0.1, 0.15) is 12.0 Å². The van der Waals surface area contributed by atoms with Crippen molar-refractivity contribution in [2.24, 2.45) is 0 Å². The van der Waals surface area contributed by atoms with E-state index < -0.39 is 15.9 Å². The van der Waals surface area contributed by atoms with Gasteiger partial charge in [0.1, 0.15) is 10.1 Å². The van der Waals surface area contributed by atoms with E-state index in [4.69, 9.17) is 12.2 Å². The van der Waals surface area contributed by atoms with E-state index >= 15 is 0 Å². The molecule has 1 atom stereocenters. The lowest BCUT2D eigenvalue weighted by atomic mass is 10.1. The summed E-state index contributed by atoms with van der Waals surface area (Å²) in [6.07, 6.45) is 3.91. The van der Waals surface area contributed by atoms with Crippen molar-refractivity contribution in [3.05, 3.63) is 77.1 Å². The topological polar surface area (TPSA) is 72.3 Å². The highest BCUT2D eigenvalue weighted by atomic mass is 32.2. The number of halogens is 1. The molecule has 0 aliphatic carbocycles. The van der Waals surface area contributed by atoms with Gasteiger partial charge in [-0.25, -0.2) is 17.5 Å². The number of carbonyl (C=O) groups excluding carboxylic acids is 1. The minimum atomic E-state index is -3.16. The van der Waals surface area contributed by atoms with E-state index in [2.05, 4.69) is 5.10 Å². The molecule has 0 radical (unpaired) electrons. The number of carbonyl (C=O) groups is 1. The molecule has 1 unspecified atom stereocenters. The van der Waals surface area contributed by atoms with Crippen LogP contribution in [0.2, 0.25) is 0 Å². The van der Waals surface area contributed by atoms with Gasteiger partial charge in [0.15, 0.2) is 9.84 Å². The highest BCUT2D eigenvalue weighted by molar-refractivity contribution is 8.26. The Morgan fingerprint density at radius 1 is 1.12 bits per heavy atom. The van der Waals surface area contributed by atoms with Crippen molar-refractivity contribution in [1.82, 2.24) is 14.7 Å². The lowest BCUT2D eigenvalue weighted by Gasteiger charge is -2.20. The van der Waals surface area contributed by atoms with E-state index in [1.165, 1.54) is 17.0 Å². The summed E-state index contributed by atoms with van der Waals surface area (Å²) < 4.78 is 39.4. The van der Waals surface area contributed by atoms with Crippen LogP contribution in [0.15, 0.2) is 65.7 Å². The molecule has 3 heterocycles. The van der Waals surface area contributed by atoms with E-state index in [1.807, 2.05) is 30.3 Å². The number of rotatable bonds is 4. The zero-order valence-corrected chi connectivity index (χ0v) is 19.7. The zero-order chi connectivity index (χ0) is 23.2. The lowest BCUT2D eigenvalue weighted by molar-refractivity contribution is -0.123. The van der Waals surface area contributed by atoms with E-state index in [0.29, 0.717) is 32.5 Å². The van der Waals surface area contributed by atoms with E-state index in [1.54, 1.807) is 29.1 Å². The number of amides is 1. The van der Waals surface area contributed by atoms with Gasteiger partial charge in [-0.15, -0.1) is 0 Å². The van der Waals surface area contributed by atoms with Gasteiger partial charge in [0.2, 0.25) is 0 Å². The molecule has 3 aromatic rings. The second kappa shape index (κ2) is 8.51. The quantitative estimate of drug-likeness (QED) is 0.398. The van der Waals surface area contributed by atoms with Crippen molar-refractivity contribution in [3.8, 4) is 16.9 Å². The molecule has 2 fully saturated rings. The van der Waals surface area contributed by atoms with E-state index in [-0.39, 0.29) is 23.2 Å². The fraction of sp³-hybridized carbons (Fsp3) is 0.174. The summed E-state index contributed by atoms with van der Waals surface area (Å²) in [6, 6.07) is 15.1. The van der Waals surface area contributed by atoms with Gasteiger partial charge in [-0.1, -0.05) is 42.2 Å². The van der Waals surface area contributed by atoms with Gasteiger partial charge in [0.05, 0.1) is 33.8 Å². The van der Waals surface area contributed by atoms with Crippen LogP contribution in [-0.4, -0.2) is 50.9 Å². The summed E-state index contributed by atoms with van der Waals surface area (Å²) >= 11 is 6.57. The largest absolute Gasteiger partial charge is 0.289 e. The minimum absolute atomic E-state index is 0.0618. The van der Waals surface area contributed by atoms with Crippen LogP contribution in [0.3, 0.4) is 0 Å². The molecular formula is C23H18FN3O3S3. The van der Waals surface area contributed by atoms with Crippen LogP contribution in [0.5, 0.6) is 0 Å². The Balaban J connectivity index is 1.54. The third-order valence-corrected chi connectivity index (χ3v) is 8.65. The monoisotopic (exact) mass is 499 g/mol. The average Bonchev–Trinajstić information content (AvgIpc) is 3.45. The standard InChI is InChI=1S/C23H18FN3O3S3/c24-17-8-6-15(7-9-17)21-16(13-26(25-21)18-4-2-1-3-5-18)12-20-22(28)27(23(31)32-20)19-10-11-33(29,30)14-19/h1-9,12-13,19H,10-11,14H2/b20-12+. The molecule has 2 aliphatic rings. The molecule has 2 aromatic carbocycles. The lowest BCUT2D eigenvalue weighted by Crippen LogP contribution is -2.39. The fourth-order valence-corrected chi connectivity index (χ4v) is 7.04. The van der Waals surface area contributed by atoms with Crippen LogP contribution in [0, 0.1) is 5.82 Å². The fourth-order valence-electron chi connectivity index (χ4n) is 3.95. The Kier molecular flexibility index (Phi) is 5.67. The molecule has 0 bridgehead atoms. The predicted molar refractivity (Wildman–Crippen MR) is 131 cm³/mol. The number of aromatic nitrogens is 2. The third kappa shape index (κ3) is 4.38. The summed E-state index contributed by atoms with van der Waals surface area (Å²) in [4.78, 5) is 15.0. The molecule has 2 saturated heterocycles. The first-order chi connectivity index (χ1) is 15.8. The second-order valence-electron chi connectivity index (χ2n) is 7.83. The molecule has 2 aliphatic heterocycles. The molecule has 10 heteroatoms. The number of hydrogen-bond donors (Lipinski definition) is 0. The van der Waals surface area contributed by atoms with Gasteiger partial charge < -0.3 is 0 Å². The summed E-state index contributed by atoms with van der Waals surface area (Å²) in [7, 11) is -3.16. The van der Waals surface area contributed by atoms with Crippen LogP contribution in [-0.2, 0) is 14.6 Å². The Morgan fingerprint density at radius 3 is 2.52 bits per heavy atom. The normalized spacial score (nSPS) is 21.3. The summed E-state index contributed by atoms with van der Waals surface area (Å²) in [5, 5.41) is 4.69. The average molecular weight is 500 g/mol. The molecular weight excluding hydrogens is 481 g/mol. The SMILES string of the molecule is O=C1/C(=C\c2cn(-c3ccccc3)nc2-c2ccc(F)cc2)SC(=S)N1C1CCS(=O)(=O)C1. The van der Waals surface area contributed by atoms with Gasteiger partial charge in [-0.2, -0.15) is 5.10 Å². The molecule has 1 aromatic heterocycles. The van der Waals surface area contributed by atoms with Crippen molar-refractivity contribution in [3.63, 3.8) is 0 Å². The van der Waals surface area contributed by atoms with Crippen molar-refractivity contribution >= 4 is 50.1 Å². The maximum Gasteiger partial charge on any atom is 0.266 e. The molecule has 168 valence electrons. The van der Waals surface area contributed by atoms with Crippen LogP contribution in [0.25, 0.3) is 23.0 Å². The van der Waals surface area contributed by atoms with Gasteiger partial charge >= 0.3 is 0 Å². The Hall–Kier alpha value is -2.82. The van der Waals surface area contributed by atoms with Crippen molar-refractivity contribution in [1.29, 1.82) is 0 Å². The number of thiocarbonyl (C=S) groups is 1. The molecule has 0 N–H and O–H groups in total. The summed E-state index contributed by atoms with van der Waals surface area (Å²) in [6.45, 7) is 0. The van der Waals surface area contributed by atoms with Crippen molar-refractivity contribution in [2.45, 2.75) is 12.5 Å². The van der Waals surface area contributed by atoms with Crippen LogP contribution < -0.4 is 0 Å². The van der Waals surface area contributed by atoms with Crippen LogP contribution in [0.4, 0.5) is 4.39 Å². The summed E-state index contributed by atoms with van der Waals surface area (Å²) in [5.41, 5.74) is 2.80. The molecule has 1 amide bonds. The molecule has 6 nitrogen and oxygen atoms in total. The molecule has 5 rings (SSSR count). The van der Waals surface area contributed by atoms with Crippen molar-refractivity contribution < 1.29 is 17.6 Å². The van der Waals surface area contributed by atoms with Crippen molar-refractivity contribution in [2.75, 3.05) is 11.5 Å². The molecule has 33 heavy (non-hydrogen) atoms. The van der Waals surface area contributed by atoms with Gasteiger partial charge in [0.25, 0.3) is 5.91 Å². The number of sulfone groups is 1. The van der Waals surface area contributed by atoms with Gasteiger partial charge in [-0.3, -0.25) is 9.69 Å². The number of hydrogen-bond acceptors (Lipinski definition) is 6. The van der Waals surface area contributed by atoms with Crippen LogP contribution >= 0.6 is 24.0 Å². The highest BCUT2D eigenvalue weighted by Crippen LogP contribution is 2.37. The smallest absolute Gasteiger partial charge is 0.266 e. The first kappa shape index (κ1) is 22.0. The Morgan fingerprint density at radius 2 is 1.85 bits per heavy atom. The molecule has 0 spiro atoms. The Bertz CT molecular complexity index is 1380. The zero-order valence-electron chi connectivity index (χ0n) is 17.2. The van der Waals surface area contributed by atoms with Gasteiger partial charge in [0, 0.05) is 17.3 Å². The minimum Gasteiger partial charge on any atom is -0.289 e. The Labute approximate surface area is 200 Å². The maximum absolute atomic E-state index is 13.5. The second-order valence-corrected chi connectivity index (χ2v) is 11.7. The van der Waals surface area contributed by atoms with E-state index in [9.17, 15) is 17.6 Å². The summed E-state index contributed by atoms with van der Waals surface area (Å²) in [5.74, 6) is -0.661. The number of benzene rings is 2. The first-order valence-electron chi connectivity index (χ1n) is 10.2. The van der Waals surface area contributed by atoms with E-state index in [0.717, 1.165) is 17.4 Å². The number of para-hydroxylation sites is 1. The number of thioether (sulfide) groups is 1. The third-order valence-electron chi connectivity index (χ3n) is 5.56. The maximum atomic E-state index is 13.5. The highest BCUT2D eigenvalue weighted by Gasteiger charge is 2.42. The predicted octanol–water partition coefficient (Wildman–Crippen LogP) is 4.07.